The van der Waals surface area contributed by atoms with Crippen molar-refractivity contribution in [2.45, 2.75) is 0 Å². The summed E-state index contributed by atoms with van der Waals surface area (Å²) in [6, 6.07) is 19.2. The van der Waals surface area contributed by atoms with Crippen molar-refractivity contribution in [3.8, 4) is 28.8 Å². The molecular weight excluding hydrogens is 236 g/mol. The van der Waals surface area contributed by atoms with E-state index in [1.165, 1.54) is 0 Å². The molecule has 3 rings (SSSR count). The van der Waals surface area contributed by atoms with E-state index in [0.717, 1.165) is 17.0 Å². The molecule has 0 aliphatic rings. The fourth-order valence-corrected chi connectivity index (χ4v) is 1.84. The minimum atomic E-state index is 0.593. The third-order valence-electron chi connectivity index (χ3n) is 2.78. The first-order valence-corrected chi connectivity index (χ1v) is 5.85. The Kier molecular flexibility index (Phi) is 2.79. The van der Waals surface area contributed by atoms with Gasteiger partial charge < -0.3 is 0 Å². The molecule has 4 heteroatoms. The molecule has 0 saturated heterocycles. The Morgan fingerprint density at radius 1 is 0.947 bits per heavy atom. The number of aromatic amines is 1. The summed E-state index contributed by atoms with van der Waals surface area (Å²) in [5.41, 5.74) is 2.42. The zero-order valence-corrected chi connectivity index (χ0v) is 10.0. The molecule has 0 bridgehead atoms. The van der Waals surface area contributed by atoms with Crippen LogP contribution in [0.25, 0.3) is 22.8 Å². The predicted octanol–water partition coefficient (Wildman–Crippen LogP) is 3.01. The number of rotatable bonds is 2. The van der Waals surface area contributed by atoms with Crippen LogP contribution in [0.3, 0.4) is 0 Å². The quantitative estimate of drug-likeness (QED) is 0.755. The van der Waals surface area contributed by atoms with Crippen molar-refractivity contribution < 1.29 is 0 Å². The molecule has 0 unspecified atom stereocenters. The summed E-state index contributed by atoms with van der Waals surface area (Å²) in [5, 5.41) is 16.0. The van der Waals surface area contributed by atoms with Crippen molar-refractivity contribution in [2.75, 3.05) is 0 Å². The SMILES string of the molecule is N#Cc1cccc(-c2n[nH]c(-c3ccccc3)n2)c1. The van der Waals surface area contributed by atoms with E-state index in [4.69, 9.17) is 5.26 Å². The molecule has 0 spiro atoms. The smallest absolute Gasteiger partial charge is 0.181 e. The van der Waals surface area contributed by atoms with Crippen molar-refractivity contribution >= 4 is 0 Å². The molecule has 0 atom stereocenters. The number of nitrogens with one attached hydrogen (secondary N) is 1. The van der Waals surface area contributed by atoms with Crippen LogP contribution in [0, 0.1) is 11.3 Å². The van der Waals surface area contributed by atoms with Gasteiger partial charge in [0.15, 0.2) is 11.6 Å². The van der Waals surface area contributed by atoms with Crippen LogP contribution in [0.2, 0.25) is 0 Å². The molecule has 0 aliphatic heterocycles. The van der Waals surface area contributed by atoms with E-state index >= 15 is 0 Å². The second kappa shape index (κ2) is 4.75. The van der Waals surface area contributed by atoms with Crippen LogP contribution in [0.15, 0.2) is 54.6 Å². The minimum Gasteiger partial charge on any atom is -0.259 e. The number of benzene rings is 2. The monoisotopic (exact) mass is 246 g/mol. The zero-order chi connectivity index (χ0) is 13.1. The Morgan fingerprint density at radius 2 is 1.74 bits per heavy atom. The van der Waals surface area contributed by atoms with Crippen molar-refractivity contribution in [1.82, 2.24) is 15.2 Å². The van der Waals surface area contributed by atoms with E-state index in [9.17, 15) is 0 Å². The van der Waals surface area contributed by atoms with Gasteiger partial charge in [-0.25, -0.2) is 4.98 Å². The third kappa shape index (κ3) is 2.22. The summed E-state index contributed by atoms with van der Waals surface area (Å²) in [6.07, 6.45) is 0. The van der Waals surface area contributed by atoms with Gasteiger partial charge in [0.05, 0.1) is 11.6 Å². The molecule has 3 aromatic rings. The standard InChI is InChI=1S/C15H10N4/c16-10-11-5-4-8-13(9-11)15-17-14(18-19-15)12-6-2-1-3-7-12/h1-9H,(H,17,18,19). The van der Waals surface area contributed by atoms with Gasteiger partial charge in [-0.15, -0.1) is 0 Å². The Balaban J connectivity index is 2.00. The van der Waals surface area contributed by atoms with Crippen LogP contribution < -0.4 is 0 Å². The Labute approximate surface area is 110 Å². The molecule has 2 aromatic carbocycles. The molecule has 0 radical (unpaired) electrons. The number of hydrogen-bond acceptors (Lipinski definition) is 3. The number of H-pyrrole nitrogens is 1. The largest absolute Gasteiger partial charge is 0.259 e. The Morgan fingerprint density at radius 3 is 2.53 bits per heavy atom. The number of aromatic nitrogens is 3. The van der Waals surface area contributed by atoms with Gasteiger partial charge in [-0.3, -0.25) is 5.10 Å². The van der Waals surface area contributed by atoms with Gasteiger partial charge in [-0.1, -0.05) is 42.5 Å². The van der Waals surface area contributed by atoms with Crippen molar-refractivity contribution in [2.24, 2.45) is 0 Å². The maximum atomic E-state index is 8.89. The van der Waals surface area contributed by atoms with E-state index in [-0.39, 0.29) is 0 Å². The maximum Gasteiger partial charge on any atom is 0.181 e. The molecule has 0 aliphatic carbocycles. The van der Waals surface area contributed by atoms with Gasteiger partial charge in [0.1, 0.15) is 0 Å². The minimum absolute atomic E-state index is 0.593. The maximum absolute atomic E-state index is 8.89. The summed E-state index contributed by atoms with van der Waals surface area (Å²) in [5.74, 6) is 1.31. The second-order valence-corrected chi connectivity index (χ2v) is 4.07. The predicted molar refractivity (Wildman–Crippen MR) is 72.0 cm³/mol. The average Bonchev–Trinajstić information content (AvgIpc) is 2.98. The molecule has 1 N–H and O–H groups in total. The van der Waals surface area contributed by atoms with Gasteiger partial charge in [0.2, 0.25) is 0 Å². The highest BCUT2D eigenvalue weighted by Gasteiger charge is 2.07. The van der Waals surface area contributed by atoms with Crippen LogP contribution >= 0.6 is 0 Å². The van der Waals surface area contributed by atoms with E-state index in [1.54, 1.807) is 12.1 Å². The van der Waals surface area contributed by atoms with Gasteiger partial charge in [0, 0.05) is 11.1 Å². The number of nitrogens with zero attached hydrogens (tertiary/aromatic N) is 3. The van der Waals surface area contributed by atoms with Crippen LogP contribution in [0.5, 0.6) is 0 Å². The van der Waals surface area contributed by atoms with Crippen molar-refractivity contribution in [3.63, 3.8) is 0 Å². The van der Waals surface area contributed by atoms with Gasteiger partial charge in [-0.2, -0.15) is 10.4 Å². The summed E-state index contributed by atoms with van der Waals surface area (Å²) in [6.45, 7) is 0. The van der Waals surface area contributed by atoms with Crippen LogP contribution in [-0.2, 0) is 0 Å². The van der Waals surface area contributed by atoms with E-state index in [2.05, 4.69) is 21.3 Å². The lowest BCUT2D eigenvalue weighted by Crippen LogP contribution is -1.82. The van der Waals surface area contributed by atoms with E-state index in [0.29, 0.717) is 11.4 Å². The third-order valence-corrected chi connectivity index (χ3v) is 2.78. The molecule has 19 heavy (non-hydrogen) atoms. The van der Waals surface area contributed by atoms with Gasteiger partial charge in [-0.05, 0) is 12.1 Å². The lowest BCUT2D eigenvalue weighted by atomic mass is 10.1. The summed E-state index contributed by atoms with van der Waals surface area (Å²) in [7, 11) is 0. The molecular formula is C15H10N4. The summed E-state index contributed by atoms with van der Waals surface area (Å²) in [4.78, 5) is 4.45. The van der Waals surface area contributed by atoms with Crippen molar-refractivity contribution in [1.29, 1.82) is 5.26 Å². The normalized spacial score (nSPS) is 10.1. The Hall–Kier alpha value is -2.93. The fraction of sp³-hybridized carbons (Fsp3) is 0. The number of nitriles is 1. The first kappa shape index (κ1) is 11.2. The molecule has 0 amide bonds. The highest BCUT2D eigenvalue weighted by molar-refractivity contribution is 5.62. The molecule has 4 nitrogen and oxygen atoms in total. The summed E-state index contributed by atoms with van der Waals surface area (Å²) >= 11 is 0. The first-order chi connectivity index (χ1) is 9.36. The van der Waals surface area contributed by atoms with Crippen LogP contribution in [-0.4, -0.2) is 15.2 Å². The topological polar surface area (TPSA) is 65.4 Å². The number of hydrogen-bond donors (Lipinski definition) is 1. The van der Waals surface area contributed by atoms with Gasteiger partial charge in [0.25, 0.3) is 0 Å². The average molecular weight is 246 g/mol. The van der Waals surface area contributed by atoms with E-state index < -0.39 is 0 Å². The first-order valence-electron chi connectivity index (χ1n) is 5.85. The molecule has 90 valence electrons. The summed E-state index contributed by atoms with van der Waals surface area (Å²) < 4.78 is 0. The lowest BCUT2D eigenvalue weighted by molar-refractivity contribution is 1.10. The van der Waals surface area contributed by atoms with Gasteiger partial charge >= 0.3 is 0 Å². The van der Waals surface area contributed by atoms with E-state index in [1.807, 2.05) is 42.5 Å². The highest BCUT2D eigenvalue weighted by Crippen LogP contribution is 2.20. The lowest BCUT2D eigenvalue weighted by Gasteiger charge is -1.95. The Bertz CT molecular complexity index is 738. The van der Waals surface area contributed by atoms with Crippen molar-refractivity contribution in [3.05, 3.63) is 60.2 Å². The van der Waals surface area contributed by atoms with Crippen LogP contribution in [0.4, 0.5) is 0 Å². The second-order valence-electron chi connectivity index (χ2n) is 4.07. The molecule has 1 aromatic heterocycles. The molecule has 0 fully saturated rings. The fourth-order valence-electron chi connectivity index (χ4n) is 1.84. The zero-order valence-electron chi connectivity index (χ0n) is 10.0. The highest BCUT2D eigenvalue weighted by atomic mass is 15.2. The van der Waals surface area contributed by atoms with Crippen LogP contribution in [0.1, 0.15) is 5.56 Å². The molecule has 1 heterocycles. The molecule has 0 saturated carbocycles.